The summed E-state index contributed by atoms with van der Waals surface area (Å²) in [5.74, 6) is -0.510. The summed E-state index contributed by atoms with van der Waals surface area (Å²) < 4.78 is 65.4. The van der Waals surface area contributed by atoms with Crippen LogP contribution in [0, 0.1) is 0 Å². The molecule has 2 aliphatic rings. The molecule has 1 aromatic heterocycles. The second-order valence-electron chi connectivity index (χ2n) is 5.77. The summed E-state index contributed by atoms with van der Waals surface area (Å²) >= 11 is 0. The molecule has 12 heteroatoms. The first kappa shape index (κ1) is 16.9. The van der Waals surface area contributed by atoms with Crippen LogP contribution < -0.4 is 4.18 Å². The van der Waals surface area contributed by atoms with Crippen molar-refractivity contribution < 1.29 is 35.7 Å². The van der Waals surface area contributed by atoms with Crippen LogP contribution in [0.5, 0.6) is 5.88 Å². The topological polar surface area (TPSA) is 102 Å². The molecule has 1 saturated heterocycles. The number of hydrogen-bond donors (Lipinski definition) is 1. The molecular formula is C12H14F3N3O5S. The van der Waals surface area contributed by atoms with Gasteiger partial charge in [0.2, 0.25) is 5.88 Å². The van der Waals surface area contributed by atoms with E-state index >= 15 is 0 Å². The Hall–Kier alpha value is -1.98. The number of fused-ring (bicyclic) bond motifs is 4. The summed E-state index contributed by atoms with van der Waals surface area (Å²) in [5, 5.41) is 13.4. The lowest BCUT2D eigenvalue weighted by molar-refractivity contribution is -0.0502. The number of piperidine rings is 1. The molecule has 1 N–H and O–H groups in total. The highest BCUT2D eigenvalue weighted by molar-refractivity contribution is 7.87. The van der Waals surface area contributed by atoms with Crippen molar-refractivity contribution in [1.82, 2.24) is 14.7 Å². The Labute approximate surface area is 134 Å². The molecule has 1 fully saturated rings. The van der Waals surface area contributed by atoms with Crippen molar-refractivity contribution in [3.05, 3.63) is 11.3 Å². The van der Waals surface area contributed by atoms with Gasteiger partial charge in [0.1, 0.15) is 0 Å². The maximum absolute atomic E-state index is 12.6. The van der Waals surface area contributed by atoms with Crippen molar-refractivity contribution in [2.75, 3.05) is 0 Å². The fourth-order valence-corrected chi connectivity index (χ4v) is 3.87. The lowest BCUT2D eigenvalue weighted by Gasteiger charge is -2.43. The molecule has 24 heavy (non-hydrogen) atoms. The van der Waals surface area contributed by atoms with Gasteiger partial charge in [0, 0.05) is 25.1 Å². The Kier molecular flexibility index (Phi) is 3.70. The number of amides is 1. The minimum atomic E-state index is -5.82. The van der Waals surface area contributed by atoms with Crippen molar-refractivity contribution in [3.63, 3.8) is 0 Å². The molecule has 0 aromatic carbocycles. The van der Waals surface area contributed by atoms with E-state index in [2.05, 4.69) is 9.28 Å². The zero-order chi connectivity index (χ0) is 17.9. The SMILES string of the molecule is Cn1nc2c(c1OS(=O)(=O)C(F)(F)F)C[C@@H]1CCC[C@H]2N1C(=O)O. The summed E-state index contributed by atoms with van der Waals surface area (Å²) in [5.41, 5.74) is -5.08. The molecule has 2 aliphatic heterocycles. The van der Waals surface area contributed by atoms with Crippen LogP contribution in [-0.2, 0) is 23.6 Å². The summed E-state index contributed by atoms with van der Waals surface area (Å²) in [4.78, 5) is 12.7. The van der Waals surface area contributed by atoms with E-state index in [0.717, 1.165) is 11.1 Å². The van der Waals surface area contributed by atoms with Gasteiger partial charge >= 0.3 is 21.7 Å². The molecule has 0 aliphatic carbocycles. The van der Waals surface area contributed by atoms with Crippen LogP contribution >= 0.6 is 0 Å². The molecule has 0 saturated carbocycles. The van der Waals surface area contributed by atoms with Gasteiger partial charge < -0.3 is 9.29 Å². The standard InChI is InChI=1S/C12H14F3N3O5S/c1-17-10(23-24(21,22)12(13,14)15)7-5-6-3-2-4-8(9(7)16-17)18(6)11(19)20/h6,8H,2-5H2,1H3,(H,19,20)/t6-,8+/m0/s1. The van der Waals surface area contributed by atoms with Crippen LogP contribution in [0.4, 0.5) is 18.0 Å². The zero-order valence-corrected chi connectivity index (χ0v) is 13.3. The second kappa shape index (κ2) is 5.26. The lowest BCUT2D eigenvalue weighted by atomic mass is 9.84. The molecule has 2 atom stereocenters. The molecule has 3 heterocycles. The number of alkyl halides is 3. The van der Waals surface area contributed by atoms with Crippen LogP contribution in [0.15, 0.2) is 0 Å². The van der Waals surface area contributed by atoms with Crippen molar-refractivity contribution in [3.8, 4) is 5.88 Å². The highest BCUT2D eigenvalue weighted by Crippen LogP contribution is 2.44. The van der Waals surface area contributed by atoms with Gasteiger partial charge in [-0.1, -0.05) is 0 Å². The van der Waals surface area contributed by atoms with E-state index in [9.17, 15) is 31.5 Å². The van der Waals surface area contributed by atoms with Gasteiger partial charge in [-0.05, 0) is 19.3 Å². The van der Waals surface area contributed by atoms with Crippen LogP contribution in [0.25, 0.3) is 0 Å². The summed E-state index contributed by atoms with van der Waals surface area (Å²) in [6.45, 7) is 0. The molecule has 2 bridgehead atoms. The third-order valence-electron chi connectivity index (χ3n) is 4.31. The van der Waals surface area contributed by atoms with E-state index < -0.39 is 39.7 Å². The fourth-order valence-electron chi connectivity index (χ4n) is 3.36. The zero-order valence-electron chi connectivity index (χ0n) is 12.4. The normalized spacial score (nSPS) is 23.8. The Morgan fingerprint density at radius 2 is 2.04 bits per heavy atom. The second-order valence-corrected chi connectivity index (χ2v) is 7.31. The van der Waals surface area contributed by atoms with Gasteiger partial charge in [-0.3, -0.25) is 4.90 Å². The van der Waals surface area contributed by atoms with Gasteiger partial charge in [0.15, 0.2) is 0 Å². The third kappa shape index (κ3) is 2.48. The number of carboxylic acid groups (broad SMARTS) is 1. The lowest BCUT2D eigenvalue weighted by Crippen LogP contribution is -2.49. The van der Waals surface area contributed by atoms with E-state index in [4.69, 9.17) is 0 Å². The Morgan fingerprint density at radius 3 is 2.62 bits per heavy atom. The molecule has 8 nitrogen and oxygen atoms in total. The first-order valence-corrected chi connectivity index (χ1v) is 8.51. The predicted molar refractivity (Wildman–Crippen MR) is 72.8 cm³/mol. The summed E-state index contributed by atoms with van der Waals surface area (Å²) in [6, 6.07) is -1.05. The summed E-state index contributed by atoms with van der Waals surface area (Å²) in [7, 11) is -4.56. The number of carbonyl (C=O) groups is 1. The molecule has 0 spiro atoms. The van der Waals surface area contributed by atoms with Gasteiger partial charge in [0.05, 0.1) is 11.7 Å². The fraction of sp³-hybridized carbons (Fsp3) is 0.667. The first-order valence-electron chi connectivity index (χ1n) is 7.10. The first-order chi connectivity index (χ1) is 11.0. The molecule has 3 rings (SSSR count). The predicted octanol–water partition coefficient (Wildman–Crippen LogP) is 1.78. The third-order valence-corrected chi connectivity index (χ3v) is 5.26. The van der Waals surface area contributed by atoms with Crippen LogP contribution in [0.3, 0.4) is 0 Å². The molecule has 134 valence electrons. The van der Waals surface area contributed by atoms with Crippen LogP contribution in [0.2, 0.25) is 0 Å². The quantitative estimate of drug-likeness (QED) is 0.630. The van der Waals surface area contributed by atoms with E-state index in [1.54, 1.807) is 0 Å². The van der Waals surface area contributed by atoms with E-state index in [0.29, 0.717) is 12.8 Å². The number of rotatable bonds is 2. The number of aryl methyl sites for hydroxylation is 1. The van der Waals surface area contributed by atoms with Gasteiger partial charge in [0.25, 0.3) is 0 Å². The van der Waals surface area contributed by atoms with Crippen LogP contribution in [0.1, 0.15) is 36.6 Å². The van der Waals surface area contributed by atoms with E-state index in [1.165, 1.54) is 11.9 Å². The Morgan fingerprint density at radius 1 is 1.38 bits per heavy atom. The van der Waals surface area contributed by atoms with Gasteiger partial charge in [-0.25, -0.2) is 9.48 Å². The largest absolute Gasteiger partial charge is 0.534 e. The molecule has 0 radical (unpaired) electrons. The maximum atomic E-state index is 12.6. The smallest absolute Gasteiger partial charge is 0.465 e. The van der Waals surface area contributed by atoms with Gasteiger partial charge in [-0.2, -0.15) is 26.7 Å². The minimum absolute atomic E-state index is 0.0642. The average molecular weight is 369 g/mol. The number of nitrogens with zero attached hydrogens (tertiary/aromatic N) is 3. The minimum Gasteiger partial charge on any atom is -0.465 e. The molecule has 1 amide bonds. The Bertz CT molecular complexity index is 789. The van der Waals surface area contributed by atoms with Crippen molar-refractivity contribution in [1.29, 1.82) is 0 Å². The number of hydrogen-bond acceptors (Lipinski definition) is 5. The Balaban J connectivity index is 2.05. The summed E-state index contributed by atoms with van der Waals surface area (Å²) in [6.07, 6.45) is 0.702. The van der Waals surface area contributed by atoms with Gasteiger partial charge in [-0.15, -0.1) is 0 Å². The average Bonchev–Trinajstić information content (AvgIpc) is 2.73. The monoisotopic (exact) mass is 369 g/mol. The molecule has 1 aromatic rings. The number of halogens is 3. The highest BCUT2D eigenvalue weighted by atomic mass is 32.2. The van der Waals surface area contributed by atoms with Crippen molar-refractivity contribution in [2.45, 2.75) is 43.3 Å². The maximum Gasteiger partial charge on any atom is 0.534 e. The molecule has 0 unspecified atom stereocenters. The molecular weight excluding hydrogens is 355 g/mol. The van der Waals surface area contributed by atoms with Crippen molar-refractivity contribution >= 4 is 16.2 Å². The van der Waals surface area contributed by atoms with Crippen LogP contribution in [-0.4, -0.2) is 45.8 Å². The van der Waals surface area contributed by atoms with E-state index in [-0.39, 0.29) is 17.7 Å². The highest BCUT2D eigenvalue weighted by Gasteiger charge is 2.50. The number of aromatic nitrogens is 2. The van der Waals surface area contributed by atoms with E-state index in [1.807, 2.05) is 0 Å². The van der Waals surface area contributed by atoms with Crippen molar-refractivity contribution in [2.24, 2.45) is 7.05 Å².